The summed E-state index contributed by atoms with van der Waals surface area (Å²) in [5.74, 6) is 2.04. The number of ether oxygens (including phenoxy) is 2. The number of amides is 1. The van der Waals surface area contributed by atoms with E-state index in [1.807, 2.05) is 28.0 Å². The number of pyridine rings is 1. The molecular formula is C25H31F3N4O3. The van der Waals surface area contributed by atoms with Gasteiger partial charge in [0.2, 0.25) is 5.91 Å². The van der Waals surface area contributed by atoms with Crippen LogP contribution in [0.25, 0.3) is 0 Å². The van der Waals surface area contributed by atoms with Crippen LogP contribution in [-0.2, 0) is 11.0 Å². The second kappa shape index (κ2) is 10.7. The molecule has 0 radical (unpaired) electrons. The predicted molar refractivity (Wildman–Crippen MR) is 126 cm³/mol. The molecule has 2 aliphatic heterocycles. The Bertz CT molecular complexity index is 1010. The molecule has 4 rings (SSSR count). The van der Waals surface area contributed by atoms with Gasteiger partial charge in [0.25, 0.3) is 0 Å². The summed E-state index contributed by atoms with van der Waals surface area (Å²) in [5, 5.41) is 3.16. The van der Waals surface area contributed by atoms with Crippen LogP contribution in [0.3, 0.4) is 0 Å². The van der Waals surface area contributed by atoms with Crippen LogP contribution < -0.4 is 19.7 Å². The third-order valence-electron chi connectivity index (χ3n) is 6.25. The quantitative estimate of drug-likeness (QED) is 0.660. The van der Waals surface area contributed by atoms with E-state index < -0.39 is 11.7 Å². The molecule has 1 aromatic heterocycles. The molecule has 3 heterocycles. The van der Waals surface area contributed by atoms with Crippen molar-refractivity contribution in [2.75, 3.05) is 50.8 Å². The molecule has 1 unspecified atom stereocenters. The van der Waals surface area contributed by atoms with Gasteiger partial charge < -0.3 is 19.7 Å². The lowest BCUT2D eigenvalue weighted by Crippen LogP contribution is -2.50. The zero-order valence-corrected chi connectivity index (χ0v) is 20.0. The van der Waals surface area contributed by atoms with Gasteiger partial charge in [0.1, 0.15) is 5.82 Å². The monoisotopic (exact) mass is 492 g/mol. The Balaban J connectivity index is 1.31. The zero-order chi connectivity index (χ0) is 25.0. The van der Waals surface area contributed by atoms with Crippen molar-refractivity contribution in [1.82, 2.24) is 15.2 Å². The summed E-state index contributed by atoms with van der Waals surface area (Å²) >= 11 is 0. The molecule has 1 amide bonds. The van der Waals surface area contributed by atoms with Crippen molar-refractivity contribution in [3.05, 3.63) is 47.7 Å². The third-order valence-corrected chi connectivity index (χ3v) is 6.25. The van der Waals surface area contributed by atoms with Crippen molar-refractivity contribution in [3.8, 4) is 11.5 Å². The Kier molecular flexibility index (Phi) is 7.69. The molecule has 0 spiro atoms. The summed E-state index contributed by atoms with van der Waals surface area (Å²) < 4.78 is 49.8. The number of fused-ring (bicyclic) bond motifs is 1. The van der Waals surface area contributed by atoms with E-state index in [1.54, 1.807) is 0 Å². The van der Waals surface area contributed by atoms with Gasteiger partial charge >= 0.3 is 6.18 Å². The topological polar surface area (TPSA) is 66.9 Å². The first-order chi connectivity index (χ1) is 16.7. The molecule has 190 valence electrons. The molecule has 10 heteroatoms. The van der Waals surface area contributed by atoms with Gasteiger partial charge in [-0.2, -0.15) is 13.2 Å². The van der Waals surface area contributed by atoms with E-state index in [-0.39, 0.29) is 24.4 Å². The van der Waals surface area contributed by atoms with Crippen molar-refractivity contribution >= 4 is 11.7 Å². The fraction of sp³-hybridized carbons (Fsp3) is 0.520. The summed E-state index contributed by atoms with van der Waals surface area (Å²) in [6.07, 6.45) is -2.71. The van der Waals surface area contributed by atoms with Crippen LogP contribution in [-0.4, -0.2) is 61.7 Å². The Hall–Kier alpha value is -3.01. The molecule has 0 bridgehead atoms. The van der Waals surface area contributed by atoms with Crippen LogP contribution in [0.2, 0.25) is 0 Å². The lowest BCUT2D eigenvalue weighted by Gasteiger charge is -2.35. The number of anilines is 1. The highest BCUT2D eigenvalue weighted by Gasteiger charge is 2.31. The number of piperazine rings is 1. The van der Waals surface area contributed by atoms with E-state index >= 15 is 0 Å². The predicted octanol–water partition coefficient (Wildman–Crippen LogP) is 3.90. The highest BCUT2D eigenvalue weighted by Crippen LogP contribution is 2.34. The van der Waals surface area contributed by atoms with E-state index in [2.05, 4.69) is 24.1 Å². The van der Waals surface area contributed by atoms with Crippen LogP contribution in [0.1, 0.15) is 37.4 Å². The van der Waals surface area contributed by atoms with Crippen molar-refractivity contribution in [1.29, 1.82) is 0 Å². The van der Waals surface area contributed by atoms with Crippen LogP contribution in [0.5, 0.6) is 11.5 Å². The molecule has 2 aromatic rings. The van der Waals surface area contributed by atoms with Gasteiger partial charge in [0.15, 0.2) is 11.5 Å². The zero-order valence-electron chi connectivity index (χ0n) is 20.0. The molecule has 1 fully saturated rings. The van der Waals surface area contributed by atoms with E-state index in [0.717, 1.165) is 30.0 Å². The largest absolute Gasteiger partial charge is 0.490 e. The van der Waals surface area contributed by atoms with Crippen molar-refractivity contribution in [2.45, 2.75) is 32.5 Å². The normalized spacial score (nSPS) is 17.7. The Morgan fingerprint density at radius 2 is 1.77 bits per heavy atom. The van der Waals surface area contributed by atoms with Gasteiger partial charge in [-0.25, -0.2) is 4.98 Å². The van der Waals surface area contributed by atoms with Crippen LogP contribution in [0.15, 0.2) is 36.5 Å². The van der Waals surface area contributed by atoms with E-state index in [0.29, 0.717) is 51.0 Å². The average molecular weight is 493 g/mol. The standard InChI is InChI=1S/C25H31F3N4O3/c1-17(2)24(18-4-6-20-21(14-18)35-13-3-12-34-20)30-23(33)16-31-8-10-32(11-9-31)22-7-5-19(15-29-22)25(26,27)28/h4-7,14-15,17,24H,3,8-13,16H2,1-2H3,(H,30,33). The number of nitrogens with zero attached hydrogens (tertiary/aromatic N) is 3. The van der Waals surface area contributed by atoms with Crippen molar-refractivity contribution in [3.63, 3.8) is 0 Å². The van der Waals surface area contributed by atoms with E-state index in [1.165, 1.54) is 6.07 Å². The number of nitrogens with one attached hydrogen (secondary N) is 1. The smallest absolute Gasteiger partial charge is 0.417 e. The fourth-order valence-electron chi connectivity index (χ4n) is 4.31. The minimum Gasteiger partial charge on any atom is -0.490 e. The summed E-state index contributed by atoms with van der Waals surface area (Å²) in [4.78, 5) is 20.8. The molecule has 1 N–H and O–H groups in total. The van der Waals surface area contributed by atoms with Gasteiger partial charge in [-0.05, 0) is 35.7 Å². The van der Waals surface area contributed by atoms with Gasteiger partial charge in [0.05, 0.1) is 31.4 Å². The van der Waals surface area contributed by atoms with Crippen LogP contribution >= 0.6 is 0 Å². The number of hydrogen-bond donors (Lipinski definition) is 1. The van der Waals surface area contributed by atoms with E-state index in [4.69, 9.17) is 9.47 Å². The highest BCUT2D eigenvalue weighted by atomic mass is 19.4. The maximum Gasteiger partial charge on any atom is 0.417 e. The highest BCUT2D eigenvalue weighted by molar-refractivity contribution is 5.78. The summed E-state index contributed by atoms with van der Waals surface area (Å²) in [5.41, 5.74) is 0.209. The average Bonchev–Trinajstić information content (AvgIpc) is 3.07. The Labute approximate surface area is 203 Å². The SMILES string of the molecule is CC(C)C(NC(=O)CN1CCN(c2ccc(C(F)(F)F)cn2)CC1)c1ccc2c(c1)OCCCO2. The molecule has 1 saturated heterocycles. The molecule has 1 atom stereocenters. The molecule has 2 aliphatic rings. The number of carbonyl (C=O) groups is 1. The maximum absolute atomic E-state index is 12.9. The second-order valence-corrected chi connectivity index (χ2v) is 9.21. The fourth-order valence-corrected chi connectivity index (χ4v) is 4.31. The third kappa shape index (κ3) is 6.36. The first-order valence-electron chi connectivity index (χ1n) is 11.9. The first-order valence-corrected chi connectivity index (χ1v) is 11.9. The number of halogens is 3. The second-order valence-electron chi connectivity index (χ2n) is 9.21. The minimum absolute atomic E-state index is 0.0723. The molecule has 0 aliphatic carbocycles. The Morgan fingerprint density at radius 1 is 1.06 bits per heavy atom. The summed E-state index contributed by atoms with van der Waals surface area (Å²) in [6, 6.07) is 8.08. The van der Waals surface area contributed by atoms with Gasteiger partial charge in [-0.1, -0.05) is 19.9 Å². The van der Waals surface area contributed by atoms with Crippen molar-refractivity contribution < 1.29 is 27.4 Å². The lowest BCUT2D eigenvalue weighted by molar-refractivity contribution is -0.137. The number of hydrogen-bond acceptors (Lipinski definition) is 6. The number of alkyl halides is 3. The minimum atomic E-state index is -4.40. The summed E-state index contributed by atoms with van der Waals surface area (Å²) in [7, 11) is 0. The number of aromatic nitrogens is 1. The van der Waals surface area contributed by atoms with Crippen LogP contribution in [0, 0.1) is 5.92 Å². The molecule has 1 aromatic carbocycles. The molecular weight excluding hydrogens is 461 g/mol. The van der Waals surface area contributed by atoms with Gasteiger partial charge in [-0.15, -0.1) is 0 Å². The number of rotatable bonds is 6. The molecule has 7 nitrogen and oxygen atoms in total. The number of benzene rings is 1. The van der Waals surface area contributed by atoms with Gasteiger partial charge in [-0.3, -0.25) is 9.69 Å². The lowest BCUT2D eigenvalue weighted by atomic mass is 9.95. The Morgan fingerprint density at radius 3 is 2.40 bits per heavy atom. The number of carbonyl (C=O) groups excluding carboxylic acids is 1. The van der Waals surface area contributed by atoms with E-state index in [9.17, 15) is 18.0 Å². The van der Waals surface area contributed by atoms with Crippen molar-refractivity contribution in [2.24, 2.45) is 5.92 Å². The van der Waals surface area contributed by atoms with Gasteiger partial charge in [0, 0.05) is 38.8 Å². The molecule has 0 saturated carbocycles. The van der Waals surface area contributed by atoms with Crippen LogP contribution in [0.4, 0.5) is 19.0 Å². The summed E-state index contributed by atoms with van der Waals surface area (Å²) in [6.45, 7) is 8.00. The maximum atomic E-state index is 12.9. The first kappa shape index (κ1) is 25.1. The molecule has 35 heavy (non-hydrogen) atoms.